The number of aliphatic hydroxyl groups excluding tert-OH is 1. The van der Waals surface area contributed by atoms with E-state index < -0.39 is 25.2 Å². The third kappa shape index (κ3) is 2.91. The first kappa shape index (κ1) is 20.0. The van der Waals surface area contributed by atoms with Crippen molar-refractivity contribution in [1.29, 1.82) is 0 Å². The number of aliphatic hydroxyl groups is 2. The summed E-state index contributed by atoms with van der Waals surface area (Å²) in [6.07, 6.45) is -0.101. The molecule has 0 heterocycles. The molecule has 0 bridgehead atoms. The van der Waals surface area contributed by atoms with Gasteiger partial charge in [-0.3, -0.25) is 4.79 Å². The maximum Gasteiger partial charge on any atom is 0.190 e. The van der Waals surface area contributed by atoms with Crippen molar-refractivity contribution in [3.8, 4) is 0 Å². The van der Waals surface area contributed by atoms with Crippen LogP contribution in [0.4, 0.5) is 0 Å². The van der Waals surface area contributed by atoms with E-state index in [0.717, 1.165) is 10.4 Å². The topological polar surface area (TPSA) is 57.5 Å². The van der Waals surface area contributed by atoms with Crippen LogP contribution in [0.2, 0.25) is 5.04 Å². The summed E-state index contributed by atoms with van der Waals surface area (Å²) in [6, 6.07) is 20.0. The van der Waals surface area contributed by atoms with Crippen LogP contribution < -0.4 is 10.4 Å². The predicted octanol–water partition coefficient (Wildman–Crippen LogP) is 2.68. The lowest BCUT2D eigenvalue weighted by Crippen LogP contribution is -2.82. The Labute approximate surface area is 163 Å². The second-order valence-corrected chi connectivity index (χ2v) is 13.9. The molecule has 1 fully saturated rings. The second-order valence-electron chi connectivity index (χ2n) is 8.92. The first-order valence-corrected chi connectivity index (χ1v) is 11.7. The maximum atomic E-state index is 13.4. The van der Waals surface area contributed by atoms with Crippen LogP contribution in [0.5, 0.6) is 0 Å². The normalized spacial score (nSPS) is 26.8. The van der Waals surface area contributed by atoms with E-state index in [0.29, 0.717) is 12.8 Å². The summed E-state index contributed by atoms with van der Waals surface area (Å²) in [4.78, 5) is 13.4. The highest BCUT2D eigenvalue weighted by Crippen LogP contribution is 2.47. The molecular weight excluding hydrogens is 352 g/mol. The Morgan fingerprint density at radius 1 is 0.963 bits per heavy atom. The van der Waals surface area contributed by atoms with E-state index in [1.54, 1.807) is 0 Å². The molecule has 1 aliphatic carbocycles. The van der Waals surface area contributed by atoms with Crippen LogP contribution in [-0.4, -0.2) is 35.4 Å². The second kappa shape index (κ2) is 7.01. The summed E-state index contributed by atoms with van der Waals surface area (Å²) in [5.41, 5.74) is 0. The summed E-state index contributed by atoms with van der Waals surface area (Å²) < 4.78 is 0. The van der Waals surface area contributed by atoms with E-state index in [1.807, 2.05) is 67.6 Å². The number of hydrogen-bond donors (Lipinski definition) is 2. The molecule has 3 rings (SSSR count). The lowest BCUT2D eigenvalue weighted by atomic mass is 9.84. The molecule has 1 saturated carbocycles. The van der Waals surface area contributed by atoms with Gasteiger partial charge in [-0.2, -0.15) is 0 Å². The van der Waals surface area contributed by atoms with Crippen LogP contribution in [0.1, 0.15) is 40.5 Å². The molecule has 0 saturated heterocycles. The van der Waals surface area contributed by atoms with Gasteiger partial charge < -0.3 is 10.2 Å². The SMILES string of the molecule is CC1CCC(O)([Si](c2ccccc2)(c2ccccc2)C(C)(C)C)C(=O)C1O. The minimum absolute atomic E-state index is 0.129. The zero-order valence-corrected chi connectivity index (χ0v) is 17.6. The lowest BCUT2D eigenvalue weighted by Gasteiger charge is -2.55. The predicted molar refractivity (Wildman–Crippen MR) is 112 cm³/mol. The van der Waals surface area contributed by atoms with Gasteiger partial charge in [0, 0.05) is 0 Å². The molecule has 0 aromatic heterocycles. The van der Waals surface area contributed by atoms with Gasteiger partial charge in [-0.05, 0) is 23.8 Å². The Kier molecular flexibility index (Phi) is 5.19. The fraction of sp³-hybridized carbons (Fsp3) is 0.435. The number of Topliss-reactive ketones (excluding diaryl/α,β-unsaturated/α-hetero) is 1. The molecule has 3 atom stereocenters. The van der Waals surface area contributed by atoms with Gasteiger partial charge in [-0.25, -0.2) is 0 Å². The molecule has 0 spiro atoms. The molecule has 3 unspecified atom stereocenters. The smallest absolute Gasteiger partial charge is 0.190 e. The average molecular weight is 383 g/mol. The molecule has 0 amide bonds. The fourth-order valence-electron chi connectivity index (χ4n) is 5.10. The Bertz CT molecular complexity index is 758. The Morgan fingerprint density at radius 2 is 1.41 bits per heavy atom. The minimum Gasteiger partial charge on any atom is -0.385 e. The Morgan fingerprint density at radius 3 is 1.81 bits per heavy atom. The molecule has 144 valence electrons. The zero-order valence-electron chi connectivity index (χ0n) is 16.6. The molecule has 2 N–H and O–H groups in total. The van der Waals surface area contributed by atoms with Crippen molar-refractivity contribution >= 4 is 24.2 Å². The molecule has 2 aromatic carbocycles. The van der Waals surface area contributed by atoms with Crippen molar-refractivity contribution in [2.75, 3.05) is 0 Å². The van der Waals surface area contributed by atoms with Crippen molar-refractivity contribution in [2.45, 2.75) is 56.9 Å². The van der Waals surface area contributed by atoms with E-state index >= 15 is 0 Å². The number of ketones is 1. The van der Waals surface area contributed by atoms with Crippen molar-refractivity contribution < 1.29 is 15.0 Å². The van der Waals surface area contributed by atoms with Crippen LogP contribution in [0.15, 0.2) is 60.7 Å². The summed E-state index contributed by atoms with van der Waals surface area (Å²) >= 11 is 0. The van der Waals surface area contributed by atoms with E-state index in [9.17, 15) is 15.0 Å². The summed E-state index contributed by atoms with van der Waals surface area (Å²) in [5.74, 6) is -0.536. The standard InChI is InChI=1S/C23H30O3Si/c1-17-15-16-23(26,21(25)20(17)24)27(22(2,3)4,18-11-7-5-8-12-18)19-13-9-6-10-14-19/h5-14,17,20,24,26H,15-16H2,1-4H3. The van der Waals surface area contributed by atoms with Gasteiger partial charge >= 0.3 is 0 Å². The van der Waals surface area contributed by atoms with Crippen LogP contribution in [0, 0.1) is 5.92 Å². The Balaban J connectivity index is 2.39. The number of carbonyl (C=O) groups excluding carboxylic acids is 1. The van der Waals surface area contributed by atoms with E-state index in [1.165, 1.54) is 0 Å². The number of carbonyl (C=O) groups is 1. The highest BCUT2D eigenvalue weighted by atomic mass is 28.3. The van der Waals surface area contributed by atoms with E-state index in [-0.39, 0.29) is 11.0 Å². The van der Waals surface area contributed by atoms with Crippen molar-refractivity contribution in [3.63, 3.8) is 0 Å². The van der Waals surface area contributed by atoms with E-state index in [4.69, 9.17) is 0 Å². The maximum absolute atomic E-state index is 13.4. The molecule has 2 aromatic rings. The average Bonchev–Trinajstić information content (AvgIpc) is 2.65. The molecule has 0 aliphatic heterocycles. The Hall–Kier alpha value is -1.75. The lowest BCUT2D eigenvalue weighted by molar-refractivity contribution is -0.147. The highest BCUT2D eigenvalue weighted by Gasteiger charge is 2.66. The largest absolute Gasteiger partial charge is 0.385 e. The van der Waals surface area contributed by atoms with Gasteiger partial charge in [0.25, 0.3) is 0 Å². The molecular formula is C23H30O3Si. The summed E-state index contributed by atoms with van der Waals surface area (Å²) in [5, 5.41) is 22.9. The van der Waals surface area contributed by atoms with Crippen LogP contribution >= 0.6 is 0 Å². The highest BCUT2D eigenvalue weighted by molar-refractivity contribution is 7.08. The van der Waals surface area contributed by atoms with Crippen LogP contribution in [0.25, 0.3) is 0 Å². The van der Waals surface area contributed by atoms with E-state index in [2.05, 4.69) is 20.8 Å². The summed E-state index contributed by atoms with van der Waals surface area (Å²) in [6.45, 7) is 8.24. The van der Waals surface area contributed by atoms with Crippen molar-refractivity contribution in [2.24, 2.45) is 5.92 Å². The number of hydrogen-bond acceptors (Lipinski definition) is 3. The quantitative estimate of drug-likeness (QED) is 0.803. The molecule has 4 heteroatoms. The first-order chi connectivity index (χ1) is 12.7. The van der Waals surface area contributed by atoms with Crippen LogP contribution in [0.3, 0.4) is 0 Å². The van der Waals surface area contributed by atoms with Gasteiger partial charge in [0.1, 0.15) is 11.3 Å². The van der Waals surface area contributed by atoms with Gasteiger partial charge in [0.2, 0.25) is 0 Å². The van der Waals surface area contributed by atoms with Gasteiger partial charge in [-0.15, -0.1) is 0 Å². The molecule has 0 radical (unpaired) electrons. The van der Waals surface area contributed by atoms with Crippen molar-refractivity contribution in [3.05, 3.63) is 60.7 Å². The first-order valence-electron chi connectivity index (χ1n) is 9.72. The van der Waals surface area contributed by atoms with Crippen molar-refractivity contribution in [1.82, 2.24) is 0 Å². The number of rotatable bonds is 3. The zero-order chi connectivity index (χ0) is 19.9. The molecule has 27 heavy (non-hydrogen) atoms. The van der Waals surface area contributed by atoms with Crippen LogP contribution in [-0.2, 0) is 4.79 Å². The monoisotopic (exact) mass is 382 g/mol. The fourth-order valence-corrected chi connectivity index (χ4v) is 11.8. The van der Waals surface area contributed by atoms with Gasteiger partial charge in [0.15, 0.2) is 13.9 Å². The third-order valence-corrected chi connectivity index (χ3v) is 12.7. The van der Waals surface area contributed by atoms with Gasteiger partial charge in [0.05, 0.1) is 0 Å². The molecule has 1 aliphatic rings. The van der Waals surface area contributed by atoms with Gasteiger partial charge in [-0.1, -0.05) is 98.7 Å². The minimum atomic E-state index is -3.06. The number of benzene rings is 2. The third-order valence-electron chi connectivity index (χ3n) is 6.34. The summed E-state index contributed by atoms with van der Waals surface area (Å²) in [7, 11) is -3.06. The molecule has 3 nitrogen and oxygen atoms in total.